The van der Waals surface area contributed by atoms with Crippen molar-refractivity contribution in [1.82, 2.24) is 58.6 Å². The van der Waals surface area contributed by atoms with Crippen LogP contribution in [0.5, 0.6) is 0 Å². The summed E-state index contributed by atoms with van der Waals surface area (Å²) in [5, 5.41) is 9.03. The van der Waals surface area contributed by atoms with Crippen LogP contribution in [-0.2, 0) is 0 Å². The molecule has 1 aromatic carbocycles. The van der Waals surface area contributed by atoms with Crippen LogP contribution in [0.2, 0.25) is 0 Å². The number of hydrogen-bond acceptors (Lipinski definition) is 12. The van der Waals surface area contributed by atoms with E-state index in [1.165, 1.54) is 0 Å². The van der Waals surface area contributed by atoms with Gasteiger partial charge < -0.3 is 0 Å². The number of nitrogens with zero attached hydrogens (tertiary/aromatic N) is 12. The fourth-order valence-electron chi connectivity index (χ4n) is 5.85. The molecule has 0 saturated heterocycles. The van der Waals surface area contributed by atoms with Gasteiger partial charge in [0.15, 0.2) is 33.9 Å². The molecule has 10 rings (SSSR count). The summed E-state index contributed by atoms with van der Waals surface area (Å²) < 4.78 is 6.14. The molecule has 12 nitrogen and oxygen atoms in total. The highest BCUT2D eigenvalue weighted by Gasteiger charge is 2.24. The van der Waals surface area contributed by atoms with Gasteiger partial charge in [-0.3, -0.25) is 13.7 Å². The molecule has 0 aliphatic heterocycles. The van der Waals surface area contributed by atoms with Gasteiger partial charge in [0.05, 0.1) is 0 Å². The Balaban J connectivity index is 1.31. The van der Waals surface area contributed by atoms with E-state index in [4.69, 9.17) is 15.0 Å². The molecule has 9 aromatic heterocycles. The minimum absolute atomic E-state index is 0.548. The summed E-state index contributed by atoms with van der Waals surface area (Å²) in [6, 6.07) is 18.5. The first-order valence-electron chi connectivity index (χ1n) is 14.7. The number of hydrogen-bond donors (Lipinski definition) is 0. The van der Waals surface area contributed by atoms with E-state index in [2.05, 4.69) is 66.3 Å². The smallest absolute Gasteiger partial charge is 0.198 e. The van der Waals surface area contributed by atoms with Crippen LogP contribution in [-0.4, -0.2) is 58.6 Å². The largest absolute Gasteiger partial charge is 0.266 e. The molecule has 0 aliphatic carbocycles. The molecular weight excluding hydrogens is 661 g/mol. The molecule has 0 saturated carbocycles. The van der Waals surface area contributed by atoms with Crippen molar-refractivity contribution < 1.29 is 0 Å². The van der Waals surface area contributed by atoms with Crippen molar-refractivity contribution in [3.05, 3.63) is 108 Å². The van der Waals surface area contributed by atoms with Crippen LogP contribution in [0.1, 0.15) is 0 Å². The Hall–Kier alpha value is -6.03. The van der Waals surface area contributed by atoms with Crippen molar-refractivity contribution in [3.8, 4) is 49.2 Å². The summed E-state index contributed by atoms with van der Waals surface area (Å²) in [6.45, 7) is 0. The summed E-state index contributed by atoms with van der Waals surface area (Å²) in [5.41, 5.74) is 6.12. The maximum absolute atomic E-state index is 5.03. The highest BCUT2D eigenvalue weighted by atomic mass is 32.1. The molecule has 10 aromatic rings. The van der Waals surface area contributed by atoms with E-state index in [0.29, 0.717) is 51.4 Å². The van der Waals surface area contributed by atoms with Crippen molar-refractivity contribution in [1.29, 1.82) is 0 Å². The Kier molecular flexibility index (Phi) is 6.08. The van der Waals surface area contributed by atoms with E-state index in [1.807, 2.05) is 48.0 Å². The quantitative estimate of drug-likeness (QED) is 0.178. The van der Waals surface area contributed by atoms with E-state index in [9.17, 15) is 0 Å². The number of rotatable bonds is 6. The molecule has 0 bridgehead atoms. The number of thiophene rings is 3. The maximum Gasteiger partial charge on any atom is 0.198 e. The third-order valence-electron chi connectivity index (χ3n) is 7.77. The zero-order valence-corrected chi connectivity index (χ0v) is 26.9. The van der Waals surface area contributed by atoms with Crippen LogP contribution in [0, 0.1) is 0 Å². The summed E-state index contributed by atoms with van der Waals surface area (Å²) in [5.74, 6) is 2.06. The molecule has 228 valence electrons. The molecular formula is C33H18N12S3. The Morgan fingerprint density at radius 1 is 0.396 bits per heavy atom. The molecule has 0 radical (unpaired) electrons. The van der Waals surface area contributed by atoms with Gasteiger partial charge in [-0.05, 0) is 70.7 Å². The molecule has 0 amide bonds. The lowest BCUT2D eigenvalue weighted by Gasteiger charge is -2.13. The van der Waals surface area contributed by atoms with Crippen molar-refractivity contribution in [3.63, 3.8) is 0 Å². The Bertz CT molecular complexity index is 2430. The first-order chi connectivity index (χ1) is 23.8. The zero-order chi connectivity index (χ0) is 31.6. The summed E-state index contributed by atoms with van der Waals surface area (Å²) in [7, 11) is 0. The minimum atomic E-state index is 0.548. The lowest BCUT2D eigenvalue weighted by Crippen LogP contribution is -2.01. The number of fused-ring (bicyclic) bond motifs is 3. The van der Waals surface area contributed by atoms with Gasteiger partial charge >= 0.3 is 0 Å². The maximum atomic E-state index is 5.03. The van der Waals surface area contributed by atoms with Crippen LogP contribution in [0.25, 0.3) is 83.0 Å². The van der Waals surface area contributed by atoms with Crippen molar-refractivity contribution in [2.75, 3.05) is 0 Å². The summed E-state index contributed by atoms with van der Waals surface area (Å²) in [6.07, 6.45) is 10.0. The molecule has 0 aliphatic rings. The zero-order valence-electron chi connectivity index (χ0n) is 24.5. The van der Waals surface area contributed by atoms with Gasteiger partial charge in [-0.1, -0.05) is 0 Å². The fourth-order valence-corrected chi connectivity index (χ4v) is 8.04. The van der Waals surface area contributed by atoms with Gasteiger partial charge in [0.2, 0.25) is 0 Å². The normalized spacial score (nSPS) is 11.8. The average Bonchev–Trinajstić information content (AvgIpc) is 3.97. The predicted octanol–water partition coefficient (Wildman–Crippen LogP) is 7.26. The third-order valence-corrected chi connectivity index (χ3v) is 10.3. The van der Waals surface area contributed by atoms with Gasteiger partial charge in [0.25, 0.3) is 0 Å². The fraction of sp³-hybridized carbons (Fsp3) is 0. The van der Waals surface area contributed by atoms with Gasteiger partial charge in [-0.25, -0.2) is 44.9 Å². The molecule has 0 atom stereocenters. The molecule has 9 heterocycles. The second-order valence-electron chi connectivity index (χ2n) is 10.6. The Morgan fingerprint density at radius 3 is 1.00 bits per heavy atom. The van der Waals surface area contributed by atoms with Gasteiger partial charge in [0, 0.05) is 53.9 Å². The standard InChI is InChI=1S/C33H18N12S3/c1-4-22(46-13-1)43-28(40-25-31(43)37-10-7-34-25)19-16-20(29-41-26-32(38-11-8-35-26)44(29)23-5-2-14-47-23)18-21(17-19)30-42-27-33(39-12-9-36-27)45(30)24-6-3-15-48-24/h1-18H. The van der Waals surface area contributed by atoms with Crippen LogP contribution in [0.4, 0.5) is 0 Å². The number of imidazole rings is 3. The minimum Gasteiger partial charge on any atom is -0.266 e. The van der Waals surface area contributed by atoms with Crippen molar-refractivity contribution >= 4 is 67.9 Å². The lowest BCUT2D eigenvalue weighted by molar-refractivity contribution is 1.09. The van der Waals surface area contributed by atoms with Crippen molar-refractivity contribution in [2.45, 2.75) is 0 Å². The highest BCUT2D eigenvalue weighted by molar-refractivity contribution is 7.13. The first kappa shape index (κ1) is 27.1. The van der Waals surface area contributed by atoms with Crippen molar-refractivity contribution in [2.24, 2.45) is 0 Å². The number of aromatic nitrogens is 12. The summed E-state index contributed by atoms with van der Waals surface area (Å²) >= 11 is 4.81. The van der Waals surface area contributed by atoms with Gasteiger partial charge in [0.1, 0.15) is 32.5 Å². The third kappa shape index (κ3) is 4.22. The van der Waals surface area contributed by atoms with E-state index in [1.54, 1.807) is 71.2 Å². The number of benzene rings is 1. The predicted molar refractivity (Wildman–Crippen MR) is 187 cm³/mol. The molecule has 0 N–H and O–H groups in total. The van der Waals surface area contributed by atoms with E-state index in [-0.39, 0.29) is 0 Å². The molecule has 15 heteroatoms. The van der Waals surface area contributed by atoms with E-state index < -0.39 is 0 Å². The van der Waals surface area contributed by atoms with Crippen LogP contribution in [0.15, 0.2) is 108 Å². The molecule has 0 spiro atoms. The van der Waals surface area contributed by atoms with E-state index >= 15 is 0 Å². The first-order valence-corrected chi connectivity index (χ1v) is 17.3. The van der Waals surface area contributed by atoms with Gasteiger partial charge in [-0.2, -0.15) is 0 Å². The molecule has 48 heavy (non-hydrogen) atoms. The van der Waals surface area contributed by atoms with Crippen LogP contribution >= 0.6 is 34.0 Å². The van der Waals surface area contributed by atoms with Gasteiger partial charge in [-0.15, -0.1) is 34.0 Å². The lowest BCUT2D eigenvalue weighted by atomic mass is 10.0. The highest BCUT2D eigenvalue weighted by Crippen LogP contribution is 2.38. The average molecular weight is 679 g/mol. The SMILES string of the molecule is c1csc(-n2c(-c3cc(-c4nc5nccnc5n4-c4cccs4)cc(-c4nc5nccnc5n4-c4cccs4)c3)nc3nccnc32)c1. The second kappa shape index (κ2) is 10.8. The van der Waals surface area contributed by atoms with Crippen LogP contribution < -0.4 is 0 Å². The Morgan fingerprint density at radius 2 is 0.708 bits per heavy atom. The molecule has 0 unspecified atom stereocenters. The second-order valence-corrected chi connectivity index (χ2v) is 13.4. The van der Waals surface area contributed by atoms with Crippen LogP contribution in [0.3, 0.4) is 0 Å². The summed E-state index contributed by atoms with van der Waals surface area (Å²) in [4.78, 5) is 42.8. The van der Waals surface area contributed by atoms with E-state index in [0.717, 1.165) is 31.7 Å². The Labute approximate surface area is 282 Å². The monoisotopic (exact) mass is 678 g/mol. The topological polar surface area (TPSA) is 131 Å². The molecule has 0 fully saturated rings.